The van der Waals surface area contributed by atoms with Crippen molar-refractivity contribution in [2.45, 2.75) is 57.4 Å². The standard InChI is InChI=1S/C27H29NO2/c29-27(30)18-26(21-12-5-2-6-13-21)28-24-16-15-19-9-7-8-14-22(19)23(24)17-25(28)20-10-3-1-4-11-20/h1,3-4,7-11,14,17,21,26H,2,5-6,12-13,15-16,18H2,(H,29,30). The molecule has 3 aromatic rings. The maximum absolute atomic E-state index is 11.9. The third-order valence-electron chi connectivity index (χ3n) is 7.06. The number of aromatic nitrogens is 1. The second-order valence-corrected chi connectivity index (χ2v) is 8.85. The van der Waals surface area contributed by atoms with Crippen LogP contribution >= 0.6 is 0 Å². The molecule has 0 radical (unpaired) electrons. The van der Waals surface area contributed by atoms with Crippen LogP contribution in [0.3, 0.4) is 0 Å². The molecular formula is C27H29NO2. The van der Waals surface area contributed by atoms with E-state index in [1.807, 2.05) is 6.07 Å². The predicted octanol–water partition coefficient (Wildman–Crippen LogP) is 6.52. The zero-order valence-electron chi connectivity index (χ0n) is 17.4. The summed E-state index contributed by atoms with van der Waals surface area (Å²) >= 11 is 0. The van der Waals surface area contributed by atoms with Crippen molar-refractivity contribution >= 4 is 5.97 Å². The van der Waals surface area contributed by atoms with Crippen molar-refractivity contribution in [3.63, 3.8) is 0 Å². The van der Waals surface area contributed by atoms with Crippen LogP contribution in [-0.2, 0) is 17.6 Å². The van der Waals surface area contributed by atoms with Crippen LogP contribution in [0.2, 0.25) is 0 Å². The average Bonchev–Trinajstić information content (AvgIpc) is 3.18. The highest BCUT2D eigenvalue weighted by atomic mass is 16.4. The Labute approximate surface area is 178 Å². The number of hydrogen-bond donors (Lipinski definition) is 1. The molecule has 2 aromatic carbocycles. The molecule has 0 bridgehead atoms. The molecule has 1 N–H and O–H groups in total. The fourth-order valence-electron chi connectivity index (χ4n) is 5.68. The Morgan fingerprint density at radius 1 is 0.933 bits per heavy atom. The highest BCUT2D eigenvalue weighted by molar-refractivity contribution is 5.79. The Bertz CT molecular complexity index is 1040. The molecule has 1 fully saturated rings. The van der Waals surface area contributed by atoms with Crippen LogP contribution in [0.25, 0.3) is 22.4 Å². The van der Waals surface area contributed by atoms with E-state index in [0.717, 1.165) is 25.7 Å². The number of nitrogens with zero attached hydrogens (tertiary/aromatic N) is 1. The van der Waals surface area contributed by atoms with Crippen molar-refractivity contribution in [2.75, 3.05) is 0 Å². The number of benzene rings is 2. The molecule has 5 rings (SSSR count). The van der Waals surface area contributed by atoms with Crippen LogP contribution in [0.1, 0.15) is 55.8 Å². The second kappa shape index (κ2) is 8.14. The molecule has 30 heavy (non-hydrogen) atoms. The molecule has 3 nitrogen and oxygen atoms in total. The van der Waals surface area contributed by atoms with Gasteiger partial charge in [-0.2, -0.15) is 0 Å². The summed E-state index contributed by atoms with van der Waals surface area (Å²) in [5.74, 6) is -0.255. The van der Waals surface area contributed by atoms with Crippen molar-refractivity contribution in [3.05, 3.63) is 71.9 Å². The molecule has 1 heterocycles. The minimum Gasteiger partial charge on any atom is -0.481 e. The van der Waals surface area contributed by atoms with Gasteiger partial charge in [0.25, 0.3) is 0 Å². The highest BCUT2D eigenvalue weighted by Crippen LogP contribution is 2.44. The van der Waals surface area contributed by atoms with Crippen molar-refractivity contribution < 1.29 is 9.90 Å². The smallest absolute Gasteiger partial charge is 0.305 e. The Morgan fingerprint density at radius 3 is 2.43 bits per heavy atom. The molecule has 1 atom stereocenters. The summed E-state index contributed by atoms with van der Waals surface area (Å²) in [6.45, 7) is 0. The van der Waals surface area contributed by atoms with Crippen LogP contribution < -0.4 is 0 Å². The monoisotopic (exact) mass is 399 g/mol. The fourth-order valence-corrected chi connectivity index (χ4v) is 5.68. The van der Waals surface area contributed by atoms with E-state index in [-0.39, 0.29) is 12.5 Å². The summed E-state index contributed by atoms with van der Waals surface area (Å²) in [5, 5.41) is 9.82. The van der Waals surface area contributed by atoms with Crippen LogP contribution in [0.15, 0.2) is 60.7 Å². The second-order valence-electron chi connectivity index (χ2n) is 8.85. The lowest BCUT2D eigenvalue weighted by atomic mass is 9.82. The van der Waals surface area contributed by atoms with Gasteiger partial charge in [-0.1, -0.05) is 73.9 Å². The molecule has 154 valence electrons. The van der Waals surface area contributed by atoms with E-state index in [9.17, 15) is 9.90 Å². The van der Waals surface area contributed by atoms with E-state index >= 15 is 0 Å². The van der Waals surface area contributed by atoms with E-state index in [1.165, 1.54) is 52.9 Å². The molecule has 2 aliphatic carbocycles. The summed E-state index contributed by atoms with van der Waals surface area (Å²) in [6.07, 6.45) is 8.17. The van der Waals surface area contributed by atoms with Crippen molar-refractivity contribution in [3.8, 4) is 22.4 Å². The number of fused-ring (bicyclic) bond motifs is 3. The number of aliphatic carboxylic acids is 1. The zero-order chi connectivity index (χ0) is 20.5. The molecule has 2 aliphatic rings. The summed E-state index contributed by atoms with van der Waals surface area (Å²) < 4.78 is 2.44. The van der Waals surface area contributed by atoms with Gasteiger partial charge in [-0.25, -0.2) is 0 Å². The lowest BCUT2D eigenvalue weighted by Crippen LogP contribution is -2.27. The largest absolute Gasteiger partial charge is 0.481 e. The normalized spacial score (nSPS) is 17.2. The van der Waals surface area contributed by atoms with Crippen molar-refractivity contribution in [1.29, 1.82) is 0 Å². The maximum Gasteiger partial charge on any atom is 0.305 e. The van der Waals surface area contributed by atoms with Gasteiger partial charge in [-0.05, 0) is 54.4 Å². The van der Waals surface area contributed by atoms with Crippen LogP contribution in [-0.4, -0.2) is 15.6 Å². The van der Waals surface area contributed by atoms with Gasteiger partial charge in [-0.15, -0.1) is 0 Å². The van der Waals surface area contributed by atoms with E-state index in [2.05, 4.69) is 59.2 Å². The SMILES string of the molecule is O=C(O)CC(C1CCCCC1)n1c(-c2ccccc2)cc2c1CCc1ccccc1-2. The van der Waals surface area contributed by atoms with E-state index in [4.69, 9.17) is 0 Å². The van der Waals surface area contributed by atoms with Crippen molar-refractivity contribution in [2.24, 2.45) is 5.92 Å². The summed E-state index contributed by atoms with van der Waals surface area (Å²) in [4.78, 5) is 11.9. The Morgan fingerprint density at radius 2 is 1.67 bits per heavy atom. The Kier molecular flexibility index (Phi) is 5.20. The topological polar surface area (TPSA) is 42.2 Å². The molecule has 1 unspecified atom stereocenters. The first-order valence-electron chi connectivity index (χ1n) is 11.3. The third-order valence-corrected chi connectivity index (χ3v) is 7.06. The number of hydrogen-bond acceptors (Lipinski definition) is 1. The molecule has 0 aliphatic heterocycles. The number of carboxylic acid groups (broad SMARTS) is 1. The molecule has 1 saturated carbocycles. The van der Waals surface area contributed by atoms with Crippen LogP contribution in [0, 0.1) is 5.92 Å². The number of aryl methyl sites for hydroxylation is 1. The quantitative estimate of drug-likeness (QED) is 0.531. The fraction of sp³-hybridized carbons (Fsp3) is 0.370. The molecule has 3 heteroatoms. The lowest BCUT2D eigenvalue weighted by Gasteiger charge is -2.34. The number of carbonyl (C=O) groups is 1. The minimum atomic E-state index is -0.691. The Hall–Kier alpha value is -2.81. The first-order valence-corrected chi connectivity index (χ1v) is 11.3. The Balaban J connectivity index is 1.71. The van der Waals surface area contributed by atoms with Crippen LogP contribution in [0.5, 0.6) is 0 Å². The summed E-state index contributed by atoms with van der Waals surface area (Å²) in [5.41, 5.74) is 7.68. The van der Waals surface area contributed by atoms with Crippen LogP contribution in [0.4, 0.5) is 0 Å². The third kappa shape index (κ3) is 3.47. The van der Waals surface area contributed by atoms with Gasteiger partial charge < -0.3 is 9.67 Å². The maximum atomic E-state index is 11.9. The first kappa shape index (κ1) is 19.2. The highest BCUT2D eigenvalue weighted by Gasteiger charge is 2.33. The van der Waals surface area contributed by atoms with Gasteiger partial charge in [0.2, 0.25) is 0 Å². The first-order chi connectivity index (χ1) is 14.7. The molecule has 0 spiro atoms. The van der Waals surface area contributed by atoms with Crippen molar-refractivity contribution in [1.82, 2.24) is 4.57 Å². The predicted molar refractivity (Wildman–Crippen MR) is 121 cm³/mol. The zero-order valence-corrected chi connectivity index (χ0v) is 17.4. The van der Waals surface area contributed by atoms with Gasteiger partial charge in [0, 0.05) is 23.0 Å². The summed E-state index contributed by atoms with van der Waals surface area (Å²) in [6, 6.07) is 21.5. The number of rotatable bonds is 5. The average molecular weight is 400 g/mol. The molecule has 0 amide bonds. The van der Waals surface area contributed by atoms with E-state index in [1.54, 1.807) is 0 Å². The van der Waals surface area contributed by atoms with Gasteiger partial charge in [0.05, 0.1) is 6.42 Å². The summed E-state index contributed by atoms with van der Waals surface area (Å²) in [7, 11) is 0. The van der Waals surface area contributed by atoms with E-state index in [0.29, 0.717) is 5.92 Å². The lowest BCUT2D eigenvalue weighted by molar-refractivity contribution is -0.138. The minimum absolute atomic E-state index is 0.0204. The molecule has 1 aromatic heterocycles. The molecule has 0 saturated heterocycles. The van der Waals surface area contributed by atoms with Gasteiger partial charge in [-0.3, -0.25) is 4.79 Å². The van der Waals surface area contributed by atoms with E-state index < -0.39 is 5.97 Å². The molecular weight excluding hydrogens is 370 g/mol. The van der Waals surface area contributed by atoms with Gasteiger partial charge in [0.1, 0.15) is 0 Å². The van der Waals surface area contributed by atoms with Gasteiger partial charge >= 0.3 is 5.97 Å². The van der Waals surface area contributed by atoms with Gasteiger partial charge in [0.15, 0.2) is 0 Å². The number of carboxylic acids is 1.